The zero-order valence-electron chi connectivity index (χ0n) is 41.2. The summed E-state index contributed by atoms with van der Waals surface area (Å²) in [7, 11) is 0. The van der Waals surface area contributed by atoms with Gasteiger partial charge in [0, 0.05) is 12.8 Å². The van der Waals surface area contributed by atoms with Gasteiger partial charge in [-0.1, -0.05) is 251 Å². The number of hydrogen-bond acceptors (Lipinski definition) is 5. The van der Waals surface area contributed by atoms with E-state index in [1.807, 2.05) is 0 Å². The third-order valence-corrected chi connectivity index (χ3v) is 12.8. The average molecular weight is 862 g/mol. The van der Waals surface area contributed by atoms with Crippen LogP contribution in [0.3, 0.4) is 0 Å². The van der Waals surface area contributed by atoms with Gasteiger partial charge >= 0.3 is 5.97 Å². The van der Waals surface area contributed by atoms with Crippen molar-refractivity contribution in [3.63, 3.8) is 0 Å². The lowest BCUT2D eigenvalue weighted by molar-refractivity contribution is -0.143. The van der Waals surface area contributed by atoms with Crippen LogP contribution in [-0.4, -0.2) is 47.4 Å². The molecule has 0 bridgehead atoms. The molecule has 0 fully saturated rings. The van der Waals surface area contributed by atoms with Crippen LogP contribution in [0.1, 0.15) is 303 Å². The molecular weight excluding hydrogens is 755 g/mol. The molecule has 0 saturated heterocycles. The molecule has 0 heterocycles. The van der Waals surface area contributed by atoms with E-state index in [2.05, 4.69) is 31.3 Å². The summed E-state index contributed by atoms with van der Waals surface area (Å²) in [6.45, 7) is 4.93. The first-order valence-corrected chi connectivity index (χ1v) is 27.4. The molecule has 0 aromatic rings. The summed E-state index contributed by atoms with van der Waals surface area (Å²) in [5.41, 5.74) is 0. The zero-order chi connectivity index (χ0) is 44.4. The Hall–Kier alpha value is -1.40. The van der Waals surface area contributed by atoms with Crippen LogP contribution in [-0.2, 0) is 14.3 Å². The Morgan fingerprint density at radius 1 is 0.443 bits per heavy atom. The van der Waals surface area contributed by atoms with Gasteiger partial charge in [0.05, 0.1) is 25.4 Å². The minimum absolute atomic E-state index is 0.00509. The molecule has 2 atom stereocenters. The Balaban J connectivity index is 3.42. The molecular formula is C55H107NO5. The van der Waals surface area contributed by atoms with E-state index in [0.29, 0.717) is 25.9 Å². The fourth-order valence-corrected chi connectivity index (χ4v) is 8.58. The minimum Gasteiger partial charge on any atom is -0.466 e. The van der Waals surface area contributed by atoms with Crippen LogP contribution >= 0.6 is 0 Å². The van der Waals surface area contributed by atoms with Crippen molar-refractivity contribution in [2.75, 3.05) is 13.2 Å². The molecule has 0 aliphatic carbocycles. The number of aliphatic hydroxyl groups is 2. The van der Waals surface area contributed by atoms with E-state index in [9.17, 15) is 19.8 Å². The van der Waals surface area contributed by atoms with Gasteiger partial charge in [0.1, 0.15) is 0 Å². The Labute approximate surface area is 380 Å². The Morgan fingerprint density at radius 2 is 0.770 bits per heavy atom. The number of rotatable bonds is 51. The van der Waals surface area contributed by atoms with Crippen molar-refractivity contribution in [3.05, 3.63) is 12.2 Å². The second kappa shape index (κ2) is 51.2. The Kier molecular flexibility index (Phi) is 50.1. The molecule has 6 heteroatoms. The highest BCUT2D eigenvalue weighted by atomic mass is 16.5. The molecule has 61 heavy (non-hydrogen) atoms. The van der Waals surface area contributed by atoms with Crippen molar-refractivity contribution in [1.29, 1.82) is 0 Å². The first-order valence-electron chi connectivity index (χ1n) is 27.4. The van der Waals surface area contributed by atoms with E-state index in [1.165, 1.54) is 218 Å². The van der Waals surface area contributed by atoms with Crippen molar-refractivity contribution in [3.8, 4) is 0 Å². The predicted octanol–water partition coefficient (Wildman–Crippen LogP) is 16.5. The third kappa shape index (κ3) is 47.9. The van der Waals surface area contributed by atoms with Crippen molar-refractivity contribution in [1.82, 2.24) is 5.32 Å². The largest absolute Gasteiger partial charge is 0.466 e. The molecule has 0 aliphatic rings. The molecule has 0 aliphatic heterocycles. The summed E-state index contributed by atoms with van der Waals surface area (Å²) in [6, 6.07) is -0.548. The fraction of sp³-hybridized carbons (Fsp3) is 0.927. The maximum atomic E-state index is 12.4. The van der Waals surface area contributed by atoms with E-state index in [-0.39, 0.29) is 18.5 Å². The number of carbonyl (C=O) groups is 2. The third-order valence-electron chi connectivity index (χ3n) is 12.8. The number of nitrogens with one attached hydrogen (secondary N) is 1. The first kappa shape index (κ1) is 59.6. The molecule has 0 radical (unpaired) electrons. The van der Waals surface area contributed by atoms with Gasteiger partial charge in [-0.2, -0.15) is 0 Å². The summed E-state index contributed by atoms with van der Waals surface area (Å²) in [5, 5.41) is 23.2. The molecule has 0 aromatic heterocycles. The zero-order valence-corrected chi connectivity index (χ0v) is 41.2. The van der Waals surface area contributed by atoms with Crippen molar-refractivity contribution in [2.24, 2.45) is 0 Å². The van der Waals surface area contributed by atoms with Crippen LogP contribution in [0.25, 0.3) is 0 Å². The molecule has 0 spiro atoms. The van der Waals surface area contributed by atoms with Crippen LogP contribution in [0.4, 0.5) is 0 Å². The van der Waals surface area contributed by atoms with Crippen LogP contribution in [0.2, 0.25) is 0 Å². The Bertz CT molecular complexity index is 909. The second-order valence-electron chi connectivity index (χ2n) is 18.9. The number of carbonyl (C=O) groups excluding carboxylic acids is 2. The molecule has 362 valence electrons. The van der Waals surface area contributed by atoms with Gasteiger partial charge in [-0.05, 0) is 51.4 Å². The molecule has 1 amide bonds. The summed E-state index contributed by atoms with van der Waals surface area (Å²) >= 11 is 0. The number of allylic oxidation sites excluding steroid dienone is 2. The summed E-state index contributed by atoms with van der Waals surface area (Å²) in [5.74, 6) is -0.0498. The van der Waals surface area contributed by atoms with E-state index >= 15 is 0 Å². The smallest absolute Gasteiger partial charge is 0.305 e. The lowest BCUT2D eigenvalue weighted by Gasteiger charge is -2.22. The summed E-state index contributed by atoms with van der Waals surface area (Å²) < 4.78 is 5.48. The van der Waals surface area contributed by atoms with Gasteiger partial charge < -0.3 is 20.3 Å². The number of unbranched alkanes of at least 4 members (excludes halogenated alkanes) is 38. The van der Waals surface area contributed by atoms with Crippen molar-refractivity contribution >= 4 is 11.9 Å². The standard InChI is InChI=1S/C55H107NO5/c1-3-5-7-9-11-13-15-17-18-19-20-25-29-33-37-41-45-49-55(60)61-50-46-42-38-34-30-26-22-21-24-28-32-36-40-44-48-54(59)56-52(51-57)53(58)47-43-39-35-31-27-23-16-14-12-10-8-6-4-2/h17-18,52-53,57-58H,3-16,19-51H2,1-2H3,(H,56,59)/b18-17-. The summed E-state index contributed by atoms with van der Waals surface area (Å²) in [6.07, 6.45) is 59.0. The number of esters is 1. The van der Waals surface area contributed by atoms with Crippen LogP contribution < -0.4 is 5.32 Å². The molecule has 3 N–H and O–H groups in total. The van der Waals surface area contributed by atoms with Crippen LogP contribution in [0.15, 0.2) is 12.2 Å². The van der Waals surface area contributed by atoms with Gasteiger partial charge in [-0.3, -0.25) is 9.59 Å². The first-order chi connectivity index (χ1) is 30.0. The number of aliphatic hydroxyl groups excluding tert-OH is 2. The quantitative estimate of drug-likeness (QED) is 0.0322. The highest BCUT2D eigenvalue weighted by Gasteiger charge is 2.20. The topological polar surface area (TPSA) is 95.9 Å². The maximum absolute atomic E-state index is 12.4. The molecule has 2 unspecified atom stereocenters. The van der Waals surface area contributed by atoms with E-state index in [1.54, 1.807) is 0 Å². The number of amides is 1. The predicted molar refractivity (Wildman–Crippen MR) is 264 cm³/mol. The highest BCUT2D eigenvalue weighted by Crippen LogP contribution is 2.17. The molecule has 0 saturated carbocycles. The fourth-order valence-electron chi connectivity index (χ4n) is 8.58. The summed E-state index contributed by atoms with van der Waals surface area (Å²) in [4.78, 5) is 24.5. The van der Waals surface area contributed by atoms with E-state index < -0.39 is 12.1 Å². The normalized spacial score (nSPS) is 12.7. The second-order valence-corrected chi connectivity index (χ2v) is 18.9. The number of hydrogen-bond donors (Lipinski definition) is 3. The van der Waals surface area contributed by atoms with Crippen LogP contribution in [0.5, 0.6) is 0 Å². The Morgan fingerprint density at radius 3 is 1.16 bits per heavy atom. The molecule has 0 aromatic carbocycles. The van der Waals surface area contributed by atoms with Crippen LogP contribution in [0, 0.1) is 0 Å². The van der Waals surface area contributed by atoms with E-state index in [4.69, 9.17) is 4.74 Å². The molecule has 0 rings (SSSR count). The van der Waals surface area contributed by atoms with Gasteiger partial charge in [0.2, 0.25) is 5.91 Å². The SMILES string of the molecule is CCCCCCCC/C=C\CCCCCCCCCC(=O)OCCCCCCCCCCCCCCCCC(=O)NC(CO)C(O)CCCCCCCCCCCCCCC. The van der Waals surface area contributed by atoms with Gasteiger partial charge in [0.25, 0.3) is 0 Å². The van der Waals surface area contributed by atoms with Gasteiger partial charge in [-0.25, -0.2) is 0 Å². The molecule has 6 nitrogen and oxygen atoms in total. The van der Waals surface area contributed by atoms with E-state index in [0.717, 1.165) is 51.4 Å². The number of ether oxygens (including phenoxy) is 1. The average Bonchev–Trinajstić information content (AvgIpc) is 3.26. The highest BCUT2D eigenvalue weighted by molar-refractivity contribution is 5.76. The van der Waals surface area contributed by atoms with Crippen molar-refractivity contribution in [2.45, 2.75) is 315 Å². The maximum Gasteiger partial charge on any atom is 0.305 e. The van der Waals surface area contributed by atoms with Crippen molar-refractivity contribution < 1.29 is 24.5 Å². The minimum atomic E-state index is -0.670. The van der Waals surface area contributed by atoms with Gasteiger partial charge in [-0.15, -0.1) is 0 Å². The van der Waals surface area contributed by atoms with Gasteiger partial charge in [0.15, 0.2) is 0 Å². The monoisotopic (exact) mass is 862 g/mol. The lowest BCUT2D eigenvalue weighted by atomic mass is 10.0. The lowest BCUT2D eigenvalue weighted by Crippen LogP contribution is -2.45.